The second kappa shape index (κ2) is 8.09. The molecule has 0 saturated heterocycles. The molecule has 0 radical (unpaired) electrons. The molecule has 0 bridgehead atoms. The molecule has 0 amide bonds. The van der Waals surface area contributed by atoms with Gasteiger partial charge < -0.3 is 4.74 Å². The van der Waals surface area contributed by atoms with Crippen LogP contribution in [0.4, 0.5) is 0 Å². The topological polar surface area (TPSA) is 76.6 Å². The largest absolute Gasteiger partial charge is 0.469 e. The van der Waals surface area contributed by atoms with E-state index in [2.05, 4.69) is 9.72 Å². The zero-order valence-electron chi connectivity index (χ0n) is 12.7. The van der Waals surface area contributed by atoms with Gasteiger partial charge >= 0.3 is 5.97 Å². The molecule has 21 heavy (non-hydrogen) atoms. The highest BCUT2D eigenvalue weighted by molar-refractivity contribution is 7.89. The number of aromatic nitrogens is 1. The molecule has 0 aromatic carbocycles. The fraction of sp³-hybridized carbons (Fsp3) is 0.571. The molecule has 0 atom stereocenters. The van der Waals surface area contributed by atoms with Crippen molar-refractivity contribution in [1.82, 2.24) is 9.29 Å². The predicted molar refractivity (Wildman–Crippen MR) is 80.0 cm³/mol. The lowest BCUT2D eigenvalue weighted by Gasteiger charge is -2.25. The summed E-state index contributed by atoms with van der Waals surface area (Å²) in [5.74, 6) is -0.464. The minimum absolute atomic E-state index is 0.0689. The number of esters is 1. The van der Waals surface area contributed by atoms with Gasteiger partial charge in [-0.1, -0.05) is 6.07 Å². The number of carbonyl (C=O) groups excluding carboxylic acids is 1. The van der Waals surface area contributed by atoms with Gasteiger partial charge in [-0.15, -0.1) is 0 Å². The van der Waals surface area contributed by atoms with Crippen LogP contribution in [0.3, 0.4) is 0 Å². The zero-order valence-corrected chi connectivity index (χ0v) is 13.5. The molecule has 0 aliphatic rings. The third-order valence-electron chi connectivity index (χ3n) is 3.01. The zero-order chi connectivity index (χ0) is 15.9. The first-order valence-corrected chi connectivity index (χ1v) is 8.43. The number of nitrogens with zero attached hydrogens (tertiary/aromatic N) is 2. The molecule has 0 N–H and O–H groups in total. The molecular weight excluding hydrogens is 292 g/mol. The van der Waals surface area contributed by atoms with Crippen molar-refractivity contribution in [2.24, 2.45) is 0 Å². The molecule has 0 aliphatic heterocycles. The number of sulfonamides is 1. The number of rotatable bonds is 8. The van der Waals surface area contributed by atoms with Crippen molar-refractivity contribution < 1.29 is 17.9 Å². The molecule has 7 heteroatoms. The van der Waals surface area contributed by atoms with Gasteiger partial charge in [0.1, 0.15) is 0 Å². The van der Waals surface area contributed by atoms with Crippen LogP contribution in [0, 0.1) is 0 Å². The summed E-state index contributed by atoms with van der Waals surface area (Å²) in [4.78, 5) is 15.0. The molecule has 118 valence electrons. The first kappa shape index (κ1) is 17.6. The van der Waals surface area contributed by atoms with E-state index in [1.807, 2.05) is 19.9 Å². The highest BCUT2D eigenvalue weighted by atomic mass is 32.2. The first-order valence-electron chi connectivity index (χ1n) is 6.82. The molecule has 1 heterocycles. The number of hydrogen-bond acceptors (Lipinski definition) is 5. The Balaban J connectivity index is 2.72. The number of pyridine rings is 1. The lowest BCUT2D eigenvalue weighted by Crippen LogP contribution is -2.38. The number of methoxy groups -OCH3 is 1. The van der Waals surface area contributed by atoms with Crippen LogP contribution in [0.15, 0.2) is 24.5 Å². The lowest BCUT2D eigenvalue weighted by atomic mass is 10.2. The van der Waals surface area contributed by atoms with E-state index in [4.69, 9.17) is 0 Å². The van der Waals surface area contributed by atoms with Crippen molar-refractivity contribution >= 4 is 16.0 Å². The average molecular weight is 314 g/mol. The number of carbonyl (C=O) groups is 1. The van der Waals surface area contributed by atoms with Crippen molar-refractivity contribution in [2.75, 3.05) is 12.9 Å². The SMILES string of the molecule is COC(=O)CCCS(=O)(=O)N(Cc1cccnc1)C(C)C. The third-order valence-corrected chi connectivity index (χ3v) is 5.08. The van der Waals surface area contributed by atoms with Gasteiger partial charge in [0.15, 0.2) is 0 Å². The number of hydrogen-bond donors (Lipinski definition) is 0. The molecule has 0 aliphatic carbocycles. The Morgan fingerprint density at radius 3 is 2.67 bits per heavy atom. The molecule has 1 aromatic heterocycles. The second-order valence-electron chi connectivity index (χ2n) is 5.00. The van der Waals surface area contributed by atoms with Gasteiger partial charge in [0.05, 0.1) is 12.9 Å². The van der Waals surface area contributed by atoms with Crippen molar-refractivity contribution in [3.8, 4) is 0 Å². The van der Waals surface area contributed by atoms with Gasteiger partial charge in [0.2, 0.25) is 10.0 Å². The highest BCUT2D eigenvalue weighted by Gasteiger charge is 2.25. The molecule has 1 aromatic rings. The molecule has 0 fully saturated rings. The Bertz CT molecular complexity index is 543. The van der Waals surface area contributed by atoms with E-state index < -0.39 is 16.0 Å². The van der Waals surface area contributed by atoms with Gasteiger partial charge in [-0.25, -0.2) is 8.42 Å². The van der Waals surface area contributed by atoms with Gasteiger partial charge in [-0.05, 0) is 31.9 Å². The maximum absolute atomic E-state index is 12.4. The van der Waals surface area contributed by atoms with Crippen LogP contribution in [0.5, 0.6) is 0 Å². The Labute approximate surface area is 126 Å². The molecular formula is C14H22N2O4S. The summed E-state index contributed by atoms with van der Waals surface area (Å²) in [5.41, 5.74) is 0.836. The molecule has 0 saturated carbocycles. The lowest BCUT2D eigenvalue weighted by molar-refractivity contribution is -0.140. The van der Waals surface area contributed by atoms with Gasteiger partial charge in [0.25, 0.3) is 0 Å². The van der Waals surface area contributed by atoms with Crippen molar-refractivity contribution in [2.45, 2.75) is 39.3 Å². The maximum atomic E-state index is 12.4. The van der Waals surface area contributed by atoms with Crippen LogP contribution in [-0.4, -0.2) is 42.6 Å². The summed E-state index contributed by atoms with van der Waals surface area (Å²) in [6.45, 7) is 3.94. The normalized spacial score (nSPS) is 11.9. The Hall–Kier alpha value is -1.47. The van der Waals surface area contributed by atoms with Crippen LogP contribution >= 0.6 is 0 Å². The molecule has 1 rings (SSSR count). The van der Waals surface area contributed by atoms with Crippen LogP contribution in [0.1, 0.15) is 32.3 Å². The van der Waals surface area contributed by atoms with E-state index in [-0.39, 0.29) is 31.2 Å². The minimum Gasteiger partial charge on any atom is -0.469 e. The summed E-state index contributed by atoms with van der Waals surface area (Å²) in [5, 5.41) is 0. The van der Waals surface area contributed by atoms with Crippen LogP contribution in [-0.2, 0) is 26.1 Å². The molecule has 0 spiro atoms. The second-order valence-corrected chi connectivity index (χ2v) is 7.04. The quantitative estimate of drug-likeness (QED) is 0.681. The number of ether oxygens (including phenoxy) is 1. The summed E-state index contributed by atoms with van der Waals surface area (Å²) in [6.07, 6.45) is 3.66. The Kier molecular flexibility index (Phi) is 6.77. The third kappa shape index (κ3) is 5.81. The van der Waals surface area contributed by atoms with E-state index in [1.165, 1.54) is 11.4 Å². The first-order chi connectivity index (χ1) is 9.86. The van der Waals surface area contributed by atoms with Crippen LogP contribution < -0.4 is 0 Å². The fourth-order valence-corrected chi connectivity index (χ4v) is 3.62. The summed E-state index contributed by atoms with van der Waals surface area (Å²) >= 11 is 0. The van der Waals surface area contributed by atoms with Gasteiger partial charge in [0, 0.05) is 31.4 Å². The summed E-state index contributed by atoms with van der Waals surface area (Å²) in [7, 11) is -2.13. The Morgan fingerprint density at radius 1 is 1.43 bits per heavy atom. The standard InChI is InChI=1S/C14H22N2O4S/c1-12(2)16(11-13-6-4-8-15-10-13)21(18,19)9-5-7-14(17)20-3/h4,6,8,10,12H,5,7,9,11H2,1-3H3. The van der Waals surface area contributed by atoms with Crippen molar-refractivity contribution in [1.29, 1.82) is 0 Å². The van der Waals surface area contributed by atoms with E-state index >= 15 is 0 Å². The van der Waals surface area contributed by atoms with E-state index in [9.17, 15) is 13.2 Å². The van der Waals surface area contributed by atoms with Crippen LogP contribution in [0.2, 0.25) is 0 Å². The Morgan fingerprint density at radius 2 is 2.14 bits per heavy atom. The monoisotopic (exact) mass is 314 g/mol. The highest BCUT2D eigenvalue weighted by Crippen LogP contribution is 2.14. The average Bonchev–Trinajstić information content (AvgIpc) is 2.45. The molecule has 0 unspecified atom stereocenters. The fourth-order valence-electron chi connectivity index (χ4n) is 1.89. The van der Waals surface area contributed by atoms with E-state index in [0.717, 1.165) is 5.56 Å². The van der Waals surface area contributed by atoms with Crippen molar-refractivity contribution in [3.05, 3.63) is 30.1 Å². The van der Waals surface area contributed by atoms with Crippen LogP contribution in [0.25, 0.3) is 0 Å². The van der Waals surface area contributed by atoms with Gasteiger partial charge in [-0.2, -0.15) is 4.31 Å². The predicted octanol–water partition coefficient (Wildman–Crippen LogP) is 1.57. The summed E-state index contributed by atoms with van der Waals surface area (Å²) in [6, 6.07) is 3.46. The van der Waals surface area contributed by atoms with E-state index in [1.54, 1.807) is 18.5 Å². The molecule has 6 nitrogen and oxygen atoms in total. The van der Waals surface area contributed by atoms with Gasteiger partial charge in [-0.3, -0.25) is 9.78 Å². The smallest absolute Gasteiger partial charge is 0.305 e. The van der Waals surface area contributed by atoms with Crippen molar-refractivity contribution in [3.63, 3.8) is 0 Å². The van der Waals surface area contributed by atoms with E-state index in [0.29, 0.717) is 0 Å². The summed E-state index contributed by atoms with van der Waals surface area (Å²) < 4.78 is 30.7. The maximum Gasteiger partial charge on any atom is 0.305 e. The minimum atomic E-state index is -3.43.